The Bertz CT molecular complexity index is 927. The molecule has 0 atom stereocenters. The number of carbonyl (C=O) groups is 1. The first-order chi connectivity index (χ1) is 12.5. The fourth-order valence-electron chi connectivity index (χ4n) is 2.94. The van der Waals surface area contributed by atoms with Gasteiger partial charge in [0.15, 0.2) is 0 Å². The van der Waals surface area contributed by atoms with Crippen molar-refractivity contribution in [2.75, 3.05) is 11.9 Å². The third-order valence-corrected chi connectivity index (χ3v) is 4.49. The van der Waals surface area contributed by atoms with Crippen LogP contribution in [0.2, 0.25) is 5.02 Å². The first-order valence-corrected chi connectivity index (χ1v) is 8.87. The molecule has 134 valence electrons. The molecule has 2 aromatic carbocycles. The highest BCUT2D eigenvalue weighted by molar-refractivity contribution is 6.34. The lowest BCUT2D eigenvalue weighted by molar-refractivity contribution is 0.102. The van der Waals surface area contributed by atoms with Crippen molar-refractivity contribution in [1.82, 2.24) is 4.57 Å². The summed E-state index contributed by atoms with van der Waals surface area (Å²) in [6.45, 7) is 6.48. The summed E-state index contributed by atoms with van der Waals surface area (Å²) in [5, 5.41) is 3.30. The molecule has 4 nitrogen and oxygen atoms in total. The minimum absolute atomic E-state index is 0.272. The Labute approximate surface area is 158 Å². The van der Waals surface area contributed by atoms with Crippen molar-refractivity contribution in [1.29, 1.82) is 0 Å². The number of halogens is 1. The van der Waals surface area contributed by atoms with E-state index in [2.05, 4.69) is 9.88 Å². The number of benzene rings is 2. The maximum atomic E-state index is 12.8. The van der Waals surface area contributed by atoms with E-state index in [0.717, 1.165) is 17.1 Å². The van der Waals surface area contributed by atoms with Gasteiger partial charge in [0.25, 0.3) is 5.91 Å². The smallest absolute Gasteiger partial charge is 0.257 e. The minimum Gasteiger partial charge on any atom is -0.492 e. The number of nitrogens with zero attached hydrogens (tertiary/aromatic N) is 1. The number of hydrogen-bond donors (Lipinski definition) is 1. The molecule has 0 radical (unpaired) electrons. The van der Waals surface area contributed by atoms with Crippen LogP contribution in [-0.4, -0.2) is 17.1 Å². The summed E-state index contributed by atoms with van der Waals surface area (Å²) in [6.07, 6.45) is 0. The van der Waals surface area contributed by atoms with Crippen LogP contribution >= 0.6 is 11.6 Å². The highest BCUT2D eigenvalue weighted by Crippen LogP contribution is 2.27. The van der Waals surface area contributed by atoms with Gasteiger partial charge in [0.2, 0.25) is 0 Å². The Hall–Kier alpha value is -2.72. The number of amides is 1. The van der Waals surface area contributed by atoms with Gasteiger partial charge in [0.05, 0.1) is 22.9 Å². The summed E-state index contributed by atoms with van der Waals surface area (Å²) in [7, 11) is 0. The van der Waals surface area contributed by atoms with Crippen molar-refractivity contribution in [3.63, 3.8) is 0 Å². The van der Waals surface area contributed by atoms with Gasteiger partial charge in [0.1, 0.15) is 5.75 Å². The summed E-state index contributed by atoms with van der Waals surface area (Å²) < 4.78 is 7.65. The second kappa shape index (κ2) is 7.67. The van der Waals surface area contributed by atoms with E-state index in [9.17, 15) is 4.79 Å². The van der Waals surface area contributed by atoms with E-state index in [-0.39, 0.29) is 5.91 Å². The van der Waals surface area contributed by atoms with E-state index in [1.165, 1.54) is 0 Å². The minimum atomic E-state index is -0.272. The van der Waals surface area contributed by atoms with Gasteiger partial charge in [-0.15, -0.1) is 0 Å². The quantitative estimate of drug-likeness (QED) is 0.655. The van der Waals surface area contributed by atoms with E-state index >= 15 is 0 Å². The molecule has 3 rings (SSSR count). The number of ether oxygens (including phenoxy) is 1. The van der Waals surface area contributed by atoms with E-state index in [4.69, 9.17) is 16.3 Å². The number of anilines is 1. The predicted octanol–water partition coefficient (Wildman–Crippen LogP) is 5.40. The normalized spacial score (nSPS) is 10.6. The maximum absolute atomic E-state index is 12.8. The largest absolute Gasteiger partial charge is 0.492 e. The summed E-state index contributed by atoms with van der Waals surface area (Å²) in [5.41, 5.74) is 4.13. The lowest BCUT2D eigenvalue weighted by Crippen LogP contribution is -2.14. The van der Waals surface area contributed by atoms with Crippen LogP contribution in [0, 0.1) is 13.8 Å². The molecule has 3 aromatic rings. The Morgan fingerprint density at radius 2 is 1.77 bits per heavy atom. The molecule has 0 saturated carbocycles. The second-order valence-electron chi connectivity index (χ2n) is 6.00. The molecule has 1 amide bonds. The molecule has 5 heteroatoms. The van der Waals surface area contributed by atoms with Crippen molar-refractivity contribution < 1.29 is 9.53 Å². The molecule has 0 fully saturated rings. The van der Waals surface area contributed by atoms with Crippen molar-refractivity contribution in [2.45, 2.75) is 20.8 Å². The predicted molar refractivity (Wildman–Crippen MR) is 106 cm³/mol. The van der Waals surface area contributed by atoms with Gasteiger partial charge < -0.3 is 14.6 Å². The van der Waals surface area contributed by atoms with Crippen molar-refractivity contribution in [3.05, 3.63) is 76.6 Å². The molecule has 0 bridgehead atoms. The van der Waals surface area contributed by atoms with Crippen LogP contribution in [0.5, 0.6) is 5.75 Å². The van der Waals surface area contributed by atoms with E-state index in [1.807, 2.05) is 57.2 Å². The fourth-order valence-corrected chi connectivity index (χ4v) is 3.15. The number of para-hydroxylation sites is 2. The third kappa shape index (κ3) is 3.60. The molecule has 0 unspecified atom stereocenters. The molecular formula is C21H21ClN2O2. The molecule has 26 heavy (non-hydrogen) atoms. The lowest BCUT2D eigenvalue weighted by Gasteiger charge is -2.14. The fraction of sp³-hybridized carbons (Fsp3) is 0.190. The van der Waals surface area contributed by atoms with Crippen LogP contribution in [0.15, 0.2) is 54.6 Å². The van der Waals surface area contributed by atoms with Gasteiger partial charge in [-0.25, -0.2) is 0 Å². The number of aromatic nitrogens is 1. The van der Waals surface area contributed by atoms with Crippen molar-refractivity contribution in [3.8, 4) is 11.4 Å². The molecular weight excluding hydrogens is 348 g/mol. The molecule has 0 spiro atoms. The molecule has 0 aliphatic carbocycles. The molecule has 1 aromatic heterocycles. The summed E-state index contributed by atoms with van der Waals surface area (Å²) >= 11 is 6.30. The van der Waals surface area contributed by atoms with Crippen LogP contribution in [0.1, 0.15) is 28.7 Å². The number of aryl methyl sites for hydroxylation is 2. The van der Waals surface area contributed by atoms with Gasteiger partial charge in [-0.05, 0) is 63.2 Å². The summed E-state index contributed by atoms with van der Waals surface area (Å²) in [6, 6.07) is 16.9. The molecule has 1 heterocycles. The zero-order valence-electron chi connectivity index (χ0n) is 15.0. The Balaban J connectivity index is 1.94. The maximum Gasteiger partial charge on any atom is 0.257 e. The van der Waals surface area contributed by atoms with Crippen LogP contribution in [-0.2, 0) is 0 Å². The Morgan fingerprint density at radius 1 is 1.08 bits per heavy atom. The van der Waals surface area contributed by atoms with Crippen LogP contribution in [0.3, 0.4) is 0 Å². The van der Waals surface area contributed by atoms with Gasteiger partial charge in [-0.3, -0.25) is 4.79 Å². The van der Waals surface area contributed by atoms with E-state index in [1.54, 1.807) is 18.2 Å². The number of hydrogen-bond acceptors (Lipinski definition) is 2. The average molecular weight is 369 g/mol. The topological polar surface area (TPSA) is 43.3 Å². The highest BCUT2D eigenvalue weighted by Gasteiger charge is 2.15. The SMILES string of the molecule is CCOc1ccccc1NC(=O)c1cc(-n2c(C)ccc2C)ccc1Cl. The second-order valence-corrected chi connectivity index (χ2v) is 6.41. The third-order valence-electron chi connectivity index (χ3n) is 4.16. The standard InChI is InChI=1S/C21H21ClN2O2/c1-4-26-20-8-6-5-7-19(20)23-21(25)17-13-16(11-12-18(17)22)24-14(2)9-10-15(24)3/h5-13H,4H2,1-3H3,(H,23,25). The van der Waals surface area contributed by atoms with Crippen molar-refractivity contribution in [2.24, 2.45) is 0 Å². The van der Waals surface area contributed by atoms with E-state index in [0.29, 0.717) is 28.6 Å². The average Bonchev–Trinajstić information content (AvgIpc) is 2.96. The molecule has 0 aliphatic rings. The first kappa shape index (κ1) is 18.1. The number of rotatable bonds is 5. The monoisotopic (exact) mass is 368 g/mol. The molecule has 0 saturated heterocycles. The summed E-state index contributed by atoms with van der Waals surface area (Å²) in [5.74, 6) is 0.360. The van der Waals surface area contributed by atoms with Crippen molar-refractivity contribution >= 4 is 23.2 Å². The Morgan fingerprint density at radius 3 is 2.46 bits per heavy atom. The molecule has 1 N–H and O–H groups in total. The van der Waals surface area contributed by atoms with Gasteiger partial charge >= 0.3 is 0 Å². The van der Waals surface area contributed by atoms with Gasteiger partial charge in [0, 0.05) is 17.1 Å². The van der Waals surface area contributed by atoms with E-state index < -0.39 is 0 Å². The van der Waals surface area contributed by atoms with Crippen LogP contribution in [0.25, 0.3) is 5.69 Å². The van der Waals surface area contributed by atoms with Crippen LogP contribution < -0.4 is 10.1 Å². The first-order valence-electron chi connectivity index (χ1n) is 8.49. The lowest BCUT2D eigenvalue weighted by atomic mass is 10.1. The molecule has 0 aliphatic heterocycles. The van der Waals surface area contributed by atoms with Gasteiger partial charge in [-0.2, -0.15) is 0 Å². The van der Waals surface area contributed by atoms with Crippen LogP contribution in [0.4, 0.5) is 5.69 Å². The summed E-state index contributed by atoms with van der Waals surface area (Å²) in [4.78, 5) is 12.8. The number of nitrogens with one attached hydrogen (secondary N) is 1. The zero-order valence-corrected chi connectivity index (χ0v) is 15.8. The highest BCUT2D eigenvalue weighted by atomic mass is 35.5. The van der Waals surface area contributed by atoms with Gasteiger partial charge in [-0.1, -0.05) is 23.7 Å². The number of carbonyl (C=O) groups excluding carboxylic acids is 1. The Kier molecular flexibility index (Phi) is 5.33. The zero-order chi connectivity index (χ0) is 18.7.